The van der Waals surface area contributed by atoms with Crippen LogP contribution in [-0.2, 0) is 0 Å². The number of hydrogen-bond donors (Lipinski definition) is 0. The lowest BCUT2D eigenvalue weighted by Crippen LogP contribution is -2.03. The van der Waals surface area contributed by atoms with Gasteiger partial charge in [-0.3, -0.25) is 0 Å². The first-order valence-electron chi connectivity index (χ1n) is 32.4. The SMILES string of the molecule is [C-]#[N+]c1ccc(-c2cc(-c3nc(-c4cccc(-c5ccc(C#N)cc5)c4)nc(-c4cc(-c5ccc(C#N)cc5)cc(-n5c6ccc(-c7ccccc7)cc6c6cc(-c7ccccc7)ccc65)c4)n3)cc(-n3c4ccc(-c5ccccc5)cc4c4cc(-c5ccccc5)ccc43)c2)cc1. The fourth-order valence-electron chi connectivity index (χ4n) is 13.7. The third kappa shape index (κ3) is 10.8. The molecule has 0 aliphatic carbocycles. The number of nitriles is 2. The standard InChI is InChI=1S/C90H54N8/c1-93-77-39-33-66(34-40-77)74-47-76(51-79(49-74)98-86-43-37-70(62-19-10-4-11-20-62)54-82(86)83-55-71(38-44-87(83)98)63-21-12-5-13-22-63)90-95-88(72-24-14-23-67(45-72)64-29-25-58(56-91)26-30-64)94-89(96-90)75-46-73(65-31-27-59(57-92)28-32-65)48-78(50-75)97-84-41-35-68(60-15-6-2-7-16-60)52-80(84)81-53-69(36-42-85(81)97)61-17-8-3-9-18-61/h2-55H. The zero-order chi connectivity index (χ0) is 65.6. The quantitative estimate of drug-likeness (QED) is 0.113. The van der Waals surface area contributed by atoms with Gasteiger partial charge in [0.1, 0.15) is 0 Å². The number of benzene rings is 14. The van der Waals surface area contributed by atoms with Crippen molar-refractivity contribution < 1.29 is 0 Å². The summed E-state index contributed by atoms with van der Waals surface area (Å²) in [4.78, 5) is 20.5. The molecule has 17 rings (SSSR count). The maximum atomic E-state index is 10.1. The summed E-state index contributed by atoms with van der Waals surface area (Å²) in [6.45, 7) is 7.90. The molecule has 0 spiro atoms. The molecular weight excluding hydrogens is 1190 g/mol. The summed E-state index contributed by atoms with van der Waals surface area (Å²) in [6.07, 6.45) is 0. The topological polar surface area (TPSA) is 100 Å². The summed E-state index contributed by atoms with van der Waals surface area (Å²) < 4.78 is 4.70. The predicted molar refractivity (Wildman–Crippen MR) is 399 cm³/mol. The number of aromatic nitrogens is 5. The van der Waals surface area contributed by atoms with Gasteiger partial charge in [0.05, 0.1) is 51.9 Å². The summed E-state index contributed by atoms with van der Waals surface area (Å²) >= 11 is 0. The Morgan fingerprint density at radius 3 is 0.857 bits per heavy atom. The Bertz CT molecular complexity index is 5580. The molecule has 0 atom stereocenters. The minimum Gasteiger partial charge on any atom is -0.309 e. The molecule has 0 radical (unpaired) electrons. The third-order valence-electron chi connectivity index (χ3n) is 18.6. The highest BCUT2D eigenvalue weighted by Gasteiger charge is 2.23. The van der Waals surface area contributed by atoms with E-state index in [2.05, 4.69) is 245 Å². The van der Waals surface area contributed by atoms with Crippen molar-refractivity contribution in [3.8, 4) is 136 Å². The Morgan fingerprint density at radius 1 is 0.245 bits per heavy atom. The predicted octanol–water partition coefficient (Wildman–Crippen LogP) is 23.0. The highest BCUT2D eigenvalue weighted by atomic mass is 15.0. The van der Waals surface area contributed by atoms with Gasteiger partial charge in [-0.1, -0.05) is 212 Å². The van der Waals surface area contributed by atoms with Gasteiger partial charge in [0.25, 0.3) is 0 Å². The molecule has 0 saturated heterocycles. The van der Waals surface area contributed by atoms with Crippen LogP contribution in [0, 0.1) is 29.2 Å². The van der Waals surface area contributed by atoms with E-state index in [4.69, 9.17) is 21.5 Å². The smallest absolute Gasteiger partial charge is 0.187 e. The third-order valence-corrected chi connectivity index (χ3v) is 18.6. The summed E-state index contributed by atoms with van der Waals surface area (Å²) in [7, 11) is 0. The van der Waals surface area contributed by atoms with Gasteiger partial charge in [-0.15, -0.1) is 0 Å². The van der Waals surface area contributed by atoms with Gasteiger partial charge in [-0.2, -0.15) is 10.5 Å². The van der Waals surface area contributed by atoms with Gasteiger partial charge in [0, 0.05) is 49.6 Å². The molecule has 0 N–H and O–H groups in total. The molecule has 0 saturated carbocycles. The van der Waals surface area contributed by atoms with E-state index in [-0.39, 0.29) is 0 Å². The summed E-state index contributed by atoms with van der Waals surface area (Å²) in [5.74, 6) is 1.34. The van der Waals surface area contributed by atoms with Crippen LogP contribution in [0.5, 0.6) is 0 Å². The summed E-state index contributed by atoms with van der Waals surface area (Å²) in [6, 6.07) is 118. The Morgan fingerprint density at radius 2 is 0.510 bits per heavy atom. The number of fused-ring (bicyclic) bond motifs is 6. The van der Waals surface area contributed by atoms with Gasteiger partial charge >= 0.3 is 0 Å². The van der Waals surface area contributed by atoms with E-state index in [0.717, 1.165) is 150 Å². The normalized spacial score (nSPS) is 11.2. The van der Waals surface area contributed by atoms with E-state index < -0.39 is 0 Å². The van der Waals surface area contributed by atoms with Gasteiger partial charge < -0.3 is 9.13 Å². The van der Waals surface area contributed by atoms with Gasteiger partial charge in [0.2, 0.25) is 0 Å². The van der Waals surface area contributed by atoms with E-state index in [0.29, 0.717) is 34.3 Å². The fourth-order valence-corrected chi connectivity index (χ4v) is 13.7. The van der Waals surface area contributed by atoms with Crippen molar-refractivity contribution in [2.75, 3.05) is 0 Å². The first-order chi connectivity index (χ1) is 48.4. The average molecular weight is 1250 g/mol. The molecule has 0 unspecified atom stereocenters. The van der Waals surface area contributed by atoms with Crippen LogP contribution < -0.4 is 0 Å². The largest absolute Gasteiger partial charge is 0.309 e. The van der Waals surface area contributed by atoms with Crippen LogP contribution >= 0.6 is 0 Å². The highest BCUT2D eigenvalue weighted by molar-refractivity contribution is 6.13. The molecular formula is C90H54N8. The van der Waals surface area contributed by atoms with E-state index in [1.165, 1.54) is 0 Å². The Kier molecular flexibility index (Phi) is 14.5. The van der Waals surface area contributed by atoms with Crippen molar-refractivity contribution in [2.45, 2.75) is 0 Å². The number of nitrogens with zero attached hydrogens (tertiary/aromatic N) is 8. The lowest BCUT2D eigenvalue weighted by atomic mass is 9.99. The average Bonchev–Trinajstić information content (AvgIpc) is 1.57. The van der Waals surface area contributed by atoms with E-state index >= 15 is 0 Å². The van der Waals surface area contributed by atoms with Crippen molar-refractivity contribution in [1.29, 1.82) is 10.5 Å². The van der Waals surface area contributed by atoms with Gasteiger partial charge in [-0.05, 0) is 193 Å². The van der Waals surface area contributed by atoms with Crippen molar-refractivity contribution >= 4 is 49.3 Å². The van der Waals surface area contributed by atoms with Crippen molar-refractivity contribution in [1.82, 2.24) is 24.1 Å². The van der Waals surface area contributed by atoms with Gasteiger partial charge in [0.15, 0.2) is 23.2 Å². The van der Waals surface area contributed by atoms with Crippen LogP contribution in [0.15, 0.2) is 328 Å². The highest BCUT2D eigenvalue weighted by Crippen LogP contribution is 2.43. The maximum Gasteiger partial charge on any atom is 0.187 e. The second kappa shape index (κ2) is 24.6. The van der Waals surface area contributed by atoms with Crippen LogP contribution in [0.25, 0.3) is 172 Å². The van der Waals surface area contributed by atoms with Crippen LogP contribution in [0.2, 0.25) is 0 Å². The first-order valence-corrected chi connectivity index (χ1v) is 32.4. The summed E-state index contributed by atoms with van der Waals surface area (Å²) in [5, 5.41) is 24.2. The molecule has 0 amide bonds. The minimum atomic E-state index is 0.441. The molecule has 0 aliphatic heterocycles. The number of hydrogen-bond acceptors (Lipinski definition) is 5. The van der Waals surface area contributed by atoms with E-state index in [1.807, 2.05) is 109 Å². The molecule has 0 aliphatic rings. The molecule has 454 valence electrons. The lowest BCUT2D eigenvalue weighted by molar-refractivity contribution is 1.07. The van der Waals surface area contributed by atoms with Gasteiger partial charge in [-0.25, -0.2) is 19.8 Å². The molecule has 8 nitrogen and oxygen atoms in total. The molecule has 17 aromatic rings. The maximum absolute atomic E-state index is 10.1. The molecule has 98 heavy (non-hydrogen) atoms. The molecule has 0 fully saturated rings. The molecule has 14 aromatic carbocycles. The minimum absolute atomic E-state index is 0.441. The Hall–Kier alpha value is -13.8. The lowest BCUT2D eigenvalue weighted by Gasteiger charge is -2.16. The first kappa shape index (κ1) is 58.0. The molecule has 3 heterocycles. The van der Waals surface area contributed by atoms with E-state index in [9.17, 15) is 10.5 Å². The Labute approximate surface area is 566 Å². The zero-order valence-corrected chi connectivity index (χ0v) is 52.8. The zero-order valence-electron chi connectivity index (χ0n) is 52.8. The van der Waals surface area contributed by atoms with Crippen LogP contribution in [0.4, 0.5) is 5.69 Å². The summed E-state index contributed by atoms with van der Waals surface area (Å²) in [5.41, 5.74) is 24.3. The molecule has 3 aromatic heterocycles. The Balaban J connectivity index is 0.922. The van der Waals surface area contributed by atoms with Crippen molar-refractivity contribution in [2.24, 2.45) is 0 Å². The monoisotopic (exact) mass is 1250 g/mol. The van der Waals surface area contributed by atoms with Crippen molar-refractivity contribution in [3.05, 3.63) is 350 Å². The molecule has 8 heteroatoms. The fraction of sp³-hybridized carbons (Fsp3) is 0. The number of rotatable bonds is 12. The van der Waals surface area contributed by atoms with Crippen LogP contribution in [0.1, 0.15) is 11.1 Å². The molecule has 0 bridgehead atoms. The van der Waals surface area contributed by atoms with Crippen LogP contribution in [0.3, 0.4) is 0 Å². The van der Waals surface area contributed by atoms with Crippen LogP contribution in [-0.4, -0.2) is 24.1 Å². The van der Waals surface area contributed by atoms with E-state index in [1.54, 1.807) is 0 Å². The van der Waals surface area contributed by atoms with Crippen molar-refractivity contribution in [3.63, 3.8) is 0 Å². The second-order valence-corrected chi connectivity index (χ2v) is 24.5. The second-order valence-electron chi connectivity index (χ2n) is 24.5.